The zero-order chi connectivity index (χ0) is 13.7. The Kier molecular flexibility index (Phi) is 4.75. The van der Waals surface area contributed by atoms with E-state index in [0.29, 0.717) is 18.3 Å². The largest absolute Gasteiger partial charge is 0.369 e. The van der Waals surface area contributed by atoms with Crippen molar-refractivity contribution in [1.82, 2.24) is 5.32 Å². The third kappa shape index (κ3) is 3.93. The van der Waals surface area contributed by atoms with Crippen LogP contribution in [0.4, 0.5) is 10.1 Å². The van der Waals surface area contributed by atoms with Gasteiger partial charge in [-0.05, 0) is 38.3 Å². The van der Waals surface area contributed by atoms with Crippen molar-refractivity contribution in [2.75, 3.05) is 18.0 Å². The highest BCUT2D eigenvalue weighted by Crippen LogP contribution is 2.21. The smallest absolute Gasteiger partial charge is 0.146 e. The topological polar surface area (TPSA) is 39.1 Å². The van der Waals surface area contributed by atoms with E-state index >= 15 is 0 Å². The van der Waals surface area contributed by atoms with Gasteiger partial charge >= 0.3 is 0 Å². The Bertz CT molecular complexity index is 451. The Morgan fingerprint density at radius 3 is 2.79 bits per heavy atom. The van der Waals surface area contributed by atoms with Crippen molar-refractivity contribution in [3.8, 4) is 6.07 Å². The van der Waals surface area contributed by atoms with Crippen LogP contribution in [0.3, 0.4) is 0 Å². The fourth-order valence-electron chi connectivity index (χ4n) is 2.16. The number of nitrogens with one attached hydrogen (secondary N) is 1. The molecule has 0 aromatic heterocycles. The van der Waals surface area contributed by atoms with Gasteiger partial charge in [0, 0.05) is 19.1 Å². The number of rotatable bonds is 7. The molecular formula is C15H20FN3. The van der Waals surface area contributed by atoms with E-state index in [9.17, 15) is 4.39 Å². The maximum Gasteiger partial charge on any atom is 0.146 e. The molecule has 102 valence electrons. The summed E-state index contributed by atoms with van der Waals surface area (Å²) in [7, 11) is 0. The van der Waals surface area contributed by atoms with E-state index < -0.39 is 0 Å². The Labute approximate surface area is 114 Å². The molecule has 1 aliphatic rings. The van der Waals surface area contributed by atoms with Gasteiger partial charge in [-0.3, -0.25) is 5.32 Å². The summed E-state index contributed by atoms with van der Waals surface area (Å²) in [6.45, 7) is 3.43. The van der Waals surface area contributed by atoms with Crippen molar-refractivity contribution >= 4 is 5.69 Å². The van der Waals surface area contributed by atoms with Crippen LogP contribution in [0.15, 0.2) is 24.3 Å². The van der Waals surface area contributed by atoms with Gasteiger partial charge in [0.2, 0.25) is 0 Å². The summed E-state index contributed by atoms with van der Waals surface area (Å²) in [5.41, 5.74) is 0.619. The molecule has 0 radical (unpaired) electrons. The van der Waals surface area contributed by atoms with Crippen molar-refractivity contribution in [3.05, 3.63) is 30.1 Å². The predicted molar refractivity (Wildman–Crippen MR) is 74.5 cm³/mol. The van der Waals surface area contributed by atoms with Gasteiger partial charge in [-0.1, -0.05) is 12.1 Å². The minimum Gasteiger partial charge on any atom is -0.369 e. The van der Waals surface area contributed by atoms with Crippen LogP contribution >= 0.6 is 0 Å². The molecule has 0 bridgehead atoms. The first-order valence-corrected chi connectivity index (χ1v) is 6.89. The van der Waals surface area contributed by atoms with Gasteiger partial charge in [-0.2, -0.15) is 5.26 Å². The predicted octanol–water partition coefficient (Wildman–Crippen LogP) is 2.69. The van der Waals surface area contributed by atoms with Crippen molar-refractivity contribution in [2.45, 2.75) is 38.3 Å². The number of benzene rings is 1. The van der Waals surface area contributed by atoms with E-state index in [1.54, 1.807) is 12.1 Å². The zero-order valence-corrected chi connectivity index (χ0v) is 11.3. The van der Waals surface area contributed by atoms with Crippen molar-refractivity contribution in [1.29, 1.82) is 5.26 Å². The second-order valence-corrected chi connectivity index (χ2v) is 4.94. The average molecular weight is 261 g/mol. The molecule has 1 atom stereocenters. The monoisotopic (exact) mass is 261 g/mol. The second-order valence-electron chi connectivity index (χ2n) is 4.94. The first-order valence-electron chi connectivity index (χ1n) is 6.89. The van der Waals surface area contributed by atoms with Gasteiger partial charge in [-0.25, -0.2) is 4.39 Å². The molecule has 0 saturated heterocycles. The Hall–Kier alpha value is -1.60. The molecule has 1 N–H and O–H groups in total. The van der Waals surface area contributed by atoms with E-state index in [2.05, 4.69) is 11.4 Å². The average Bonchev–Trinajstić information content (AvgIpc) is 3.23. The lowest BCUT2D eigenvalue weighted by Crippen LogP contribution is -2.35. The van der Waals surface area contributed by atoms with Gasteiger partial charge in [0.15, 0.2) is 0 Å². The summed E-state index contributed by atoms with van der Waals surface area (Å²) >= 11 is 0. The minimum atomic E-state index is -0.201. The molecule has 3 nitrogen and oxygen atoms in total. The SMILES string of the molecule is CCN(CCC(C#N)NC1CC1)c1ccccc1F. The highest BCUT2D eigenvalue weighted by atomic mass is 19.1. The Morgan fingerprint density at radius 2 is 2.21 bits per heavy atom. The molecule has 0 spiro atoms. The van der Waals surface area contributed by atoms with Gasteiger partial charge in [0.25, 0.3) is 0 Å². The van der Waals surface area contributed by atoms with E-state index in [1.165, 1.54) is 18.9 Å². The minimum absolute atomic E-state index is 0.131. The van der Waals surface area contributed by atoms with Crippen molar-refractivity contribution < 1.29 is 4.39 Å². The summed E-state index contributed by atoms with van der Waals surface area (Å²) in [5, 5.41) is 12.4. The molecule has 0 heterocycles. The number of nitrogens with zero attached hydrogens (tertiary/aromatic N) is 2. The number of nitriles is 1. The highest BCUT2D eigenvalue weighted by molar-refractivity contribution is 5.47. The highest BCUT2D eigenvalue weighted by Gasteiger charge is 2.24. The molecule has 0 aliphatic heterocycles. The molecule has 4 heteroatoms. The van der Waals surface area contributed by atoms with Gasteiger partial charge in [0.05, 0.1) is 17.8 Å². The van der Waals surface area contributed by atoms with Crippen LogP contribution in [0.2, 0.25) is 0 Å². The lowest BCUT2D eigenvalue weighted by atomic mass is 10.2. The third-order valence-electron chi connectivity index (χ3n) is 3.43. The van der Waals surface area contributed by atoms with Crippen molar-refractivity contribution in [3.63, 3.8) is 0 Å². The molecule has 1 saturated carbocycles. The van der Waals surface area contributed by atoms with E-state index in [-0.39, 0.29) is 11.9 Å². The Morgan fingerprint density at radius 1 is 1.47 bits per heavy atom. The first-order chi connectivity index (χ1) is 9.24. The third-order valence-corrected chi connectivity index (χ3v) is 3.43. The first kappa shape index (κ1) is 13.8. The van der Waals surface area contributed by atoms with Crippen LogP contribution in [0.25, 0.3) is 0 Å². The molecule has 1 unspecified atom stereocenters. The van der Waals surface area contributed by atoms with Crippen LogP contribution < -0.4 is 10.2 Å². The Balaban J connectivity index is 1.91. The molecule has 1 aliphatic carbocycles. The molecule has 2 rings (SSSR count). The number of para-hydroxylation sites is 1. The van der Waals surface area contributed by atoms with Crippen LogP contribution in [0.1, 0.15) is 26.2 Å². The van der Waals surface area contributed by atoms with E-state index in [0.717, 1.165) is 13.0 Å². The quantitative estimate of drug-likeness (QED) is 0.820. The summed E-state index contributed by atoms with van der Waals surface area (Å²) in [6, 6.07) is 9.47. The molecular weight excluding hydrogens is 241 g/mol. The standard InChI is InChI=1S/C15H20FN3/c1-2-19(15-6-4-3-5-14(15)16)10-9-13(11-17)18-12-7-8-12/h3-6,12-13,18H,2,7-10H2,1H3. The van der Waals surface area contributed by atoms with Crippen LogP contribution in [0.5, 0.6) is 0 Å². The number of anilines is 1. The van der Waals surface area contributed by atoms with E-state index in [4.69, 9.17) is 5.26 Å². The molecule has 1 fully saturated rings. The summed E-state index contributed by atoms with van der Waals surface area (Å²) in [5.74, 6) is -0.201. The zero-order valence-electron chi connectivity index (χ0n) is 11.3. The van der Waals surface area contributed by atoms with Crippen LogP contribution in [-0.4, -0.2) is 25.2 Å². The maximum absolute atomic E-state index is 13.7. The fraction of sp³-hybridized carbons (Fsp3) is 0.533. The second kappa shape index (κ2) is 6.53. The maximum atomic E-state index is 13.7. The molecule has 1 aromatic rings. The van der Waals surface area contributed by atoms with Gasteiger partial charge in [0.1, 0.15) is 5.82 Å². The molecule has 0 amide bonds. The number of hydrogen-bond donors (Lipinski definition) is 1. The lowest BCUT2D eigenvalue weighted by Gasteiger charge is -2.24. The van der Waals surface area contributed by atoms with Gasteiger partial charge in [-0.15, -0.1) is 0 Å². The molecule has 19 heavy (non-hydrogen) atoms. The summed E-state index contributed by atoms with van der Waals surface area (Å²) in [6.07, 6.45) is 3.06. The van der Waals surface area contributed by atoms with Crippen LogP contribution in [-0.2, 0) is 0 Å². The van der Waals surface area contributed by atoms with Crippen molar-refractivity contribution in [2.24, 2.45) is 0 Å². The fourth-order valence-corrected chi connectivity index (χ4v) is 2.16. The molecule has 1 aromatic carbocycles. The van der Waals surface area contributed by atoms with Gasteiger partial charge < -0.3 is 4.90 Å². The summed E-state index contributed by atoms with van der Waals surface area (Å²) < 4.78 is 13.7. The normalized spacial score (nSPS) is 15.8. The number of hydrogen-bond acceptors (Lipinski definition) is 3. The lowest BCUT2D eigenvalue weighted by molar-refractivity contribution is 0.551. The van der Waals surface area contributed by atoms with E-state index in [1.807, 2.05) is 17.9 Å². The summed E-state index contributed by atoms with van der Waals surface area (Å²) in [4.78, 5) is 1.98. The number of halogens is 1. The van der Waals surface area contributed by atoms with Crippen LogP contribution in [0, 0.1) is 17.1 Å².